The summed E-state index contributed by atoms with van der Waals surface area (Å²) in [5, 5.41) is 18.7. The molecule has 1 fully saturated rings. The summed E-state index contributed by atoms with van der Waals surface area (Å²) >= 11 is 0. The van der Waals surface area contributed by atoms with E-state index in [9.17, 15) is 42.3 Å². The Balaban J connectivity index is 1.92. The molecule has 0 spiro atoms. The van der Waals surface area contributed by atoms with Gasteiger partial charge in [-0.3, -0.25) is 14.2 Å². The van der Waals surface area contributed by atoms with Crippen LogP contribution in [-0.4, -0.2) is 20.2 Å². The number of carboxylic acid groups (broad SMARTS) is 1. The van der Waals surface area contributed by atoms with Crippen LogP contribution in [0.15, 0.2) is 46.5 Å². The maximum atomic E-state index is 14.5. The monoisotopic (exact) mass is 529 g/mol. The maximum absolute atomic E-state index is 14.5. The summed E-state index contributed by atoms with van der Waals surface area (Å²) in [6, 6.07) is 6.97. The van der Waals surface area contributed by atoms with Crippen molar-refractivity contribution >= 4 is 22.6 Å². The Morgan fingerprint density at radius 2 is 1.76 bits per heavy atom. The van der Waals surface area contributed by atoms with E-state index in [4.69, 9.17) is 0 Å². The first-order chi connectivity index (χ1) is 17.9. The van der Waals surface area contributed by atoms with E-state index in [-0.39, 0.29) is 27.7 Å². The third kappa shape index (κ3) is 4.62. The zero-order valence-corrected chi connectivity index (χ0v) is 20.3. The molecule has 1 aliphatic rings. The Morgan fingerprint density at radius 3 is 2.34 bits per heavy atom. The first-order valence-corrected chi connectivity index (χ1v) is 11.8. The van der Waals surface area contributed by atoms with E-state index in [0.717, 1.165) is 27.3 Å². The molecule has 0 atom stereocenters. The van der Waals surface area contributed by atoms with E-state index in [0.29, 0.717) is 25.7 Å². The van der Waals surface area contributed by atoms with Gasteiger partial charge < -0.3 is 5.11 Å². The van der Waals surface area contributed by atoms with Crippen LogP contribution >= 0.6 is 0 Å². The number of benzene rings is 2. The van der Waals surface area contributed by atoms with Crippen molar-refractivity contribution in [2.45, 2.75) is 45.3 Å². The highest BCUT2D eigenvalue weighted by Gasteiger charge is 2.35. The van der Waals surface area contributed by atoms with Crippen LogP contribution in [0.1, 0.15) is 47.9 Å². The Labute approximate surface area is 213 Å². The molecular weight excluding hydrogens is 506 g/mol. The molecule has 0 amide bonds. The van der Waals surface area contributed by atoms with Crippen LogP contribution in [0.2, 0.25) is 0 Å². The number of nitrogens with zero attached hydrogens (tertiary/aromatic N) is 3. The second-order valence-corrected chi connectivity index (χ2v) is 9.40. The minimum absolute atomic E-state index is 0.00108. The third-order valence-corrected chi connectivity index (χ3v) is 7.24. The minimum atomic E-state index is -4.81. The van der Waals surface area contributed by atoms with Gasteiger partial charge in [0.2, 0.25) is 0 Å². The molecule has 1 aliphatic carbocycles. The summed E-state index contributed by atoms with van der Waals surface area (Å²) in [4.78, 5) is 38.6. The average molecular weight is 529 g/mol. The molecule has 11 heteroatoms. The molecule has 1 N–H and O–H groups in total. The van der Waals surface area contributed by atoms with Crippen molar-refractivity contribution in [3.05, 3.63) is 85.8 Å². The molecule has 1 saturated carbocycles. The van der Waals surface area contributed by atoms with E-state index >= 15 is 0 Å². The fourth-order valence-electron chi connectivity index (χ4n) is 5.12. The molecule has 2 aromatic carbocycles. The number of nitriles is 1. The average Bonchev–Trinajstić information content (AvgIpc) is 2.87. The predicted octanol–water partition coefficient (Wildman–Crippen LogP) is 4.91. The van der Waals surface area contributed by atoms with Crippen LogP contribution in [0.5, 0.6) is 0 Å². The molecule has 198 valence electrons. The number of hydrogen-bond donors (Lipinski definition) is 1. The van der Waals surface area contributed by atoms with E-state index in [2.05, 4.69) is 6.58 Å². The lowest BCUT2D eigenvalue weighted by Gasteiger charge is -2.28. The molecule has 0 saturated heterocycles. The molecule has 38 heavy (non-hydrogen) atoms. The van der Waals surface area contributed by atoms with E-state index < -0.39 is 58.7 Å². The first-order valence-electron chi connectivity index (χ1n) is 11.8. The van der Waals surface area contributed by atoms with Crippen molar-refractivity contribution in [1.29, 1.82) is 5.26 Å². The quantitative estimate of drug-likeness (QED) is 0.473. The standard InChI is InChI=1S/C27H23F4N3O4/c1-14-21(28)10-11-22-23(14)24(35)34(15(2)16-6-8-17(9-7-16)25(36)37)26(38)33(22)13-18-4-3-5-20(19(18)12-32)27(29,30)31/h3-5,10-11,16-17H,2,6-9,13H2,1H3,(H,36,37). The number of carbonyl (C=O) groups is 1. The van der Waals surface area contributed by atoms with E-state index in [1.807, 2.05) is 0 Å². The second kappa shape index (κ2) is 9.93. The molecule has 0 radical (unpaired) electrons. The molecule has 7 nitrogen and oxygen atoms in total. The molecule has 0 unspecified atom stereocenters. The van der Waals surface area contributed by atoms with Gasteiger partial charge in [0.15, 0.2) is 0 Å². The molecular formula is C27H23F4N3O4. The van der Waals surface area contributed by atoms with Gasteiger partial charge in [0.25, 0.3) is 5.56 Å². The highest BCUT2D eigenvalue weighted by molar-refractivity contribution is 5.82. The van der Waals surface area contributed by atoms with Crippen LogP contribution in [0.3, 0.4) is 0 Å². The summed E-state index contributed by atoms with van der Waals surface area (Å²) in [7, 11) is 0. The largest absolute Gasteiger partial charge is 0.481 e. The Bertz CT molecular complexity index is 1620. The number of halogens is 4. The number of aliphatic carboxylic acids is 1. The van der Waals surface area contributed by atoms with Gasteiger partial charge in [-0.2, -0.15) is 18.4 Å². The van der Waals surface area contributed by atoms with E-state index in [1.165, 1.54) is 19.1 Å². The number of aryl methyl sites for hydroxylation is 1. The van der Waals surface area contributed by atoms with Gasteiger partial charge in [-0.15, -0.1) is 0 Å². The Morgan fingerprint density at radius 1 is 1.13 bits per heavy atom. The molecule has 0 aliphatic heterocycles. The topological polar surface area (TPSA) is 105 Å². The molecule has 0 bridgehead atoms. The zero-order valence-electron chi connectivity index (χ0n) is 20.3. The lowest BCUT2D eigenvalue weighted by atomic mass is 9.80. The number of alkyl halides is 3. The molecule has 1 aromatic heterocycles. The number of carboxylic acids is 1. The molecule has 3 aromatic rings. The molecule has 1 heterocycles. The van der Waals surface area contributed by atoms with Crippen LogP contribution in [0.25, 0.3) is 16.6 Å². The minimum Gasteiger partial charge on any atom is -0.481 e. The Kier molecular flexibility index (Phi) is 7.02. The van der Waals surface area contributed by atoms with Crippen molar-refractivity contribution < 1.29 is 27.5 Å². The van der Waals surface area contributed by atoms with Crippen molar-refractivity contribution in [2.24, 2.45) is 11.8 Å². The summed E-state index contributed by atoms with van der Waals surface area (Å²) in [6.07, 6.45) is -3.46. The van der Waals surface area contributed by atoms with E-state index in [1.54, 1.807) is 6.07 Å². The zero-order chi connectivity index (χ0) is 27.9. The predicted molar refractivity (Wildman–Crippen MR) is 131 cm³/mol. The lowest BCUT2D eigenvalue weighted by Crippen LogP contribution is -2.41. The lowest BCUT2D eigenvalue weighted by molar-refractivity contribution is -0.143. The van der Waals surface area contributed by atoms with Crippen LogP contribution in [-0.2, 0) is 17.5 Å². The van der Waals surface area contributed by atoms with Gasteiger partial charge >= 0.3 is 17.8 Å². The number of fused-ring (bicyclic) bond motifs is 1. The summed E-state index contributed by atoms with van der Waals surface area (Å²) < 4.78 is 56.9. The van der Waals surface area contributed by atoms with Gasteiger partial charge in [0.1, 0.15) is 11.9 Å². The van der Waals surface area contributed by atoms with Gasteiger partial charge in [0, 0.05) is 5.70 Å². The number of rotatable bonds is 5. The van der Waals surface area contributed by atoms with Crippen molar-refractivity contribution in [2.75, 3.05) is 0 Å². The molecule has 4 rings (SSSR count). The first kappa shape index (κ1) is 26.9. The Hall–Kier alpha value is -4.20. The van der Waals surface area contributed by atoms with Crippen LogP contribution in [0.4, 0.5) is 17.6 Å². The number of hydrogen-bond acceptors (Lipinski definition) is 4. The normalized spacial score (nSPS) is 17.8. The summed E-state index contributed by atoms with van der Waals surface area (Å²) in [6.45, 7) is 4.79. The summed E-state index contributed by atoms with van der Waals surface area (Å²) in [5.41, 5.74) is -3.61. The fraction of sp³-hybridized carbons (Fsp3) is 0.333. The van der Waals surface area contributed by atoms with Crippen molar-refractivity contribution in [3.8, 4) is 6.07 Å². The number of allylic oxidation sites excluding steroid dienone is 1. The van der Waals surface area contributed by atoms with Crippen LogP contribution < -0.4 is 11.2 Å². The van der Waals surface area contributed by atoms with Crippen molar-refractivity contribution in [1.82, 2.24) is 9.13 Å². The SMILES string of the molecule is C=C(C1CCC(C(=O)O)CC1)n1c(=O)c2c(C)c(F)ccc2n(Cc2cccc(C(F)(F)F)c2C#N)c1=O. The van der Waals surface area contributed by atoms with Crippen molar-refractivity contribution in [3.63, 3.8) is 0 Å². The van der Waals surface area contributed by atoms with Gasteiger partial charge in [-0.05, 0) is 67.9 Å². The number of aromatic nitrogens is 2. The highest BCUT2D eigenvalue weighted by Crippen LogP contribution is 2.35. The summed E-state index contributed by atoms with van der Waals surface area (Å²) in [5.74, 6) is -2.60. The third-order valence-electron chi connectivity index (χ3n) is 7.24. The fourth-order valence-corrected chi connectivity index (χ4v) is 5.12. The van der Waals surface area contributed by atoms with Gasteiger partial charge in [-0.25, -0.2) is 13.8 Å². The second-order valence-electron chi connectivity index (χ2n) is 9.40. The van der Waals surface area contributed by atoms with Gasteiger partial charge in [0.05, 0.1) is 34.5 Å². The highest BCUT2D eigenvalue weighted by atomic mass is 19.4. The van der Waals surface area contributed by atoms with Gasteiger partial charge in [-0.1, -0.05) is 18.7 Å². The van der Waals surface area contributed by atoms with Crippen LogP contribution in [0, 0.1) is 35.9 Å². The maximum Gasteiger partial charge on any atom is 0.417 e. The smallest absolute Gasteiger partial charge is 0.417 e.